The van der Waals surface area contributed by atoms with E-state index >= 15 is 0 Å². The highest BCUT2D eigenvalue weighted by molar-refractivity contribution is 8.00. The average Bonchev–Trinajstić information content (AvgIpc) is 1.63. The first-order chi connectivity index (χ1) is 4.06. The van der Waals surface area contributed by atoms with E-state index in [0.717, 1.165) is 5.75 Å². The highest BCUT2D eigenvalue weighted by Gasteiger charge is 1.99. The molecule has 0 heterocycles. The van der Waals surface area contributed by atoms with Crippen LogP contribution in [0.2, 0.25) is 0 Å². The molecular weight excluding hydrogens is 158 g/mol. The van der Waals surface area contributed by atoms with Gasteiger partial charge in [0.05, 0.1) is 5.75 Å². The predicted octanol–water partition coefficient (Wildman–Crippen LogP) is 0.0280. The molecule has 0 aromatic carbocycles. The van der Waals surface area contributed by atoms with Gasteiger partial charge in [0.2, 0.25) is 10.0 Å². The van der Waals surface area contributed by atoms with E-state index in [1.807, 2.05) is 6.92 Å². The summed E-state index contributed by atoms with van der Waals surface area (Å²) in [5.74, 6) is 1.64. The third-order valence-electron chi connectivity index (χ3n) is 0.716. The number of hydrogen-bond acceptors (Lipinski definition) is 3. The topological polar surface area (TPSA) is 60.2 Å². The second-order valence-electron chi connectivity index (χ2n) is 1.56. The average molecular weight is 169 g/mol. The maximum atomic E-state index is 10.3. The van der Waals surface area contributed by atoms with E-state index in [2.05, 4.69) is 0 Å². The van der Waals surface area contributed by atoms with Crippen molar-refractivity contribution in [3.8, 4) is 0 Å². The smallest absolute Gasteiger partial charge is 0.209 e. The Bertz CT molecular complexity index is 152. The van der Waals surface area contributed by atoms with E-state index in [1.54, 1.807) is 11.8 Å². The molecule has 0 aromatic rings. The van der Waals surface area contributed by atoms with Gasteiger partial charge in [0.25, 0.3) is 0 Å². The Morgan fingerprint density at radius 2 is 2.11 bits per heavy atom. The molecular formula is C4H11NO2S2. The lowest BCUT2D eigenvalue weighted by atomic mass is 10.9. The number of sulfonamides is 1. The lowest BCUT2D eigenvalue weighted by Gasteiger charge is -1.94. The molecule has 0 amide bonds. The standard InChI is InChI=1S/C4H11NO2S2/c1-2-8-3-4-9(5,6)7/h2-4H2,1H3,(H2,5,6,7). The monoisotopic (exact) mass is 169 g/mol. The van der Waals surface area contributed by atoms with Gasteiger partial charge in [-0.1, -0.05) is 6.92 Å². The van der Waals surface area contributed by atoms with Crippen molar-refractivity contribution >= 4 is 21.8 Å². The van der Waals surface area contributed by atoms with Gasteiger partial charge in [-0.05, 0) is 5.75 Å². The first kappa shape index (κ1) is 9.26. The summed E-state index contributed by atoms with van der Waals surface area (Å²) in [7, 11) is -3.22. The molecule has 0 radical (unpaired) electrons. The molecule has 0 rings (SSSR count). The quantitative estimate of drug-likeness (QED) is 0.604. The number of rotatable bonds is 4. The molecule has 0 aromatic heterocycles. The summed E-state index contributed by atoms with van der Waals surface area (Å²) in [6.45, 7) is 1.98. The highest BCUT2D eigenvalue weighted by atomic mass is 32.2. The molecule has 0 saturated carbocycles. The normalized spacial score (nSPS) is 11.8. The Hall–Kier alpha value is 0.260. The van der Waals surface area contributed by atoms with E-state index < -0.39 is 10.0 Å². The zero-order valence-electron chi connectivity index (χ0n) is 5.33. The fraction of sp³-hybridized carbons (Fsp3) is 1.00. The molecule has 0 aliphatic carbocycles. The second kappa shape index (κ2) is 4.14. The summed E-state index contributed by atoms with van der Waals surface area (Å²) >= 11 is 1.58. The van der Waals surface area contributed by atoms with Crippen molar-refractivity contribution in [2.45, 2.75) is 6.92 Å². The minimum absolute atomic E-state index is 0.0888. The van der Waals surface area contributed by atoms with Crippen LogP contribution in [0.4, 0.5) is 0 Å². The molecule has 0 fully saturated rings. The van der Waals surface area contributed by atoms with Gasteiger partial charge in [-0.3, -0.25) is 0 Å². The van der Waals surface area contributed by atoms with Gasteiger partial charge in [0, 0.05) is 5.75 Å². The Morgan fingerprint density at radius 1 is 1.56 bits per heavy atom. The van der Waals surface area contributed by atoms with Crippen molar-refractivity contribution in [1.29, 1.82) is 0 Å². The van der Waals surface area contributed by atoms with Crippen LogP contribution in [-0.4, -0.2) is 25.7 Å². The van der Waals surface area contributed by atoms with Gasteiger partial charge in [0.15, 0.2) is 0 Å². The fourth-order valence-corrected chi connectivity index (χ4v) is 2.01. The van der Waals surface area contributed by atoms with Gasteiger partial charge < -0.3 is 0 Å². The Labute approximate surface area is 60.1 Å². The Kier molecular flexibility index (Phi) is 4.26. The SMILES string of the molecule is CCSCCS(N)(=O)=O. The van der Waals surface area contributed by atoms with Crippen molar-refractivity contribution in [3.63, 3.8) is 0 Å². The van der Waals surface area contributed by atoms with E-state index in [9.17, 15) is 8.42 Å². The number of primary sulfonamides is 1. The van der Waals surface area contributed by atoms with Crippen molar-refractivity contribution in [2.75, 3.05) is 17.3 Å². The molecule has 5 heteroatoms. The van der Waals surface area contributed by atoms with Crippen LogP contribution in [-0.2, 0) is 10.0 Å². The molecule has 2 N–H and O–H groups in total. The summed E-state index contributed by atoms with van der Waals surface area (Å²) < 4.78 is 20.5. The van der Waals surface area contributed by atoms with Gasteiger partial charge in [-0.15, -0.1) is 0 Å². The number of hydrogen-bond donors (Lipinski definition) is 1. The first-order valence-electron chi connectivity index (χ1n) is 2.64. The van der Waals surface area contributed by atoms with Gasteiger partial charge in [0.1, 0.15) is 0 Å². The van der Waals surface area contributed by atoms with E-state index in [-0.39, 0.29) is 5.75 Å². The molecule has 56 valence electrons. The third-order valence-corrected chi connectivity index (χ3v) is 2.65. The lowest BCUT2D eigenvalue weighted by molar-refractivity contribution is 0.599. The second-order valence-corrected chi connectivity index (χ2v) is 4.69. The maximum Gasteiger partial charge on any atom is 0.209 e. The minimum Gasteiger partial charge on any atom is -0.229 e. The molecule has 0 saturated heterocycles. The predicted molar refractivity (Wildman–Crippen MR) is 41.0 cm³/mol. The molecule has 0 bridgehead atoms. The lowest BCUT2D eigenvalue weighted by Crippen LogP contribution is -2.17. The van der Waals surface area contributed by atoms with E-state index in [4.69, 9.17) is 5.14 Å². The van der Waals surface area contributed by atoms with Crippen LogP contribution in [0.25, 0.3) is 0 Å². The molecule has 0 unspecified atom stereocenters. The van der Waals surface area contributed by atoms with Crippen molar-refractivity contribution in [2.24, 2.45) is 5.14 Å². The molecule has 0 spiro atoms. The minimum atomic E-state index is -3.22. The van der Waals surface area contributed by atoms with Crippen LogP contribution in [0, 0.1) is 0 Å². The fourth-order valence-electron chi connectivity index (χ4n) is 0.319. The Balaban J connectivity index is 3.30. The Morgan fingerprint density at radius 3 is 2.44 bits per heavy atom. The molecule has 0 aliphatic rings. The third kappa shape index (κ3) is 8.26. The maximum absolute atomic E-state index is 10.3. The molecule has 3 nitrogen and oxygen atoms in total. The first-order valence-corrected chi connectivity index (χ1v) is 5.51. The van der Waals surface area contributed by atoms with Crippen molar-refractivity contribution < 1.29 is 8.42 Å². The van der Waals surface area contributed by atoms with Crippen molar-refractivity contribution in [3.05, 3.63) is 0 Å². The molecule has 0 aliphatic heterocycles. The zero-order chi connectivity index (χ0) is 7.33. The van der Waals surface area contributed by atoms with Crippen LogP contribution in [0.1, 0.15) is 6.92 Å². The summed E-state index contributed by atoms with van der Waals surface area (Å²) in [6.07, 6.45) is 0. The van der Waals surface area contributed by atoms with Gasteiger partial charge in [-0.25, -0.2) is 13.6 Å². The summed E-state index contributed by atoms with van der Waals surface area (Å²) in [4.78, 5) is 0. The van der Waals surface area contributed by atoms with Crippen LogP contribution < -0.4 is 5.14 Å². The molecule has 0 atom stereocenters. The summed E-state index contributed by atoms with van der Waals surface area (Å²) in [6, 6.07) is 0. The van der Waals surface area contributed by atoms with Gasteiger partial charge >= 0.3 is 0 Å². The van der Waals surface area contributed by atoms with Gasteiger partial charge in [-0.2, -0.15) is 11.8 Å². The van der Waals surface area contributed by atoms with Crippen LogP contribution in [0.5, 0.6) is 0 Å². The van der Waals surface area contributed by atoms with Crippen LogP contribution >= 0.6 is 11.8 Å². The largest absolute Gasteiger partial charge is 0.229 e. The van der Waals surface area contributed by atoms with Crippen LogP contribution in [0.15, 0.2) is 0 Å². The molecule has 9 heavy (non-hydrogen) atoms. The summed E-state index contributed by atoms with van der Waals surface area (Å²) in [5.41, 5.74) is 0. The van der Waals surface area contributed by atoms with E-state index in [0.29, 0.717) is 5.75 Å². The number of nitrogens with two attached hydrogens (primary N) is 1. The highest BCUT2D eigenvalue weighted by Crippen LogP contribution is 1.97. The van der Waals surface area contributed by atoms with E-state index in [1.165, 1.54) is 0 Å². The van der Waals surface area contributed by atoms with Crippen molar-refractivity contribution in [1.82, 2.24) is 0 Å². The summed E-state index contributed by atoms with van der Waals surface area (Å²) in [5, 5.41) is 4.74. The zero-order valence-corrected chi connectivity index (χ0v) is 6.96. The van der Waals surface area contributed by atoms with Crippen LogP contribution in [0.3, 0.4) is 0 Å². The number of thioether (sulfide) groups is 1.